The highest BCUT2D eigenvalue weighted by Crippen LogP contribution is 2.63. The van der Waals surface area contributed by atoms with E-state index in [0.29, 0.717) is 12.1 Å². The summed E-state index contributed by atoms with van der Waals surface area (Å²) < 4.78 is 18.0. The maximum absolute atomic E-state index is 14.7. The van der Waals surface area contributed by atoms with E-state index in [0.717, 1.165) is 5.56 Å². The van der Waals surface area contributed by atoms with E-state index < -0.39 is 94.8 Å². The molecular weight excluding hydrogens is 706 g/mol. The Hall–Kier alpha value is -4.27. The molecule has 11 atom stereocenters. The second kappa shape index (κ2) is 14.3. The molecule has 55 heavy (non-hydrogen) atoms. The van der Waals surface area contributed by atoms with Gasteiger partial charge in [-0.3, -0.25) is 4.79 Å². The van der Waals surface area contributed by atoms with Gasteiger partial charge < -0.3 is 45.1 Å². The zero-order valence-electron chi connectivity index (χ0n) is 31.3. The van der Waals surface area contributed by atoms with Crippen molar-refractivity contribution in [3.63, 3.8) is 0 Å². The number of esters is 2. The highest BCUT2D eigenvalue weighted by Gasteiger charge is 2.76. The topological polar surface area (TPSA) is 192 Å². The Morgan fingerprint density at radius 2 is 1.51 bits per heavy atom. The van der Waals surface area contributed by atoms with Crippen molar-refractivity contribution in [2.24, 2.45) is 16.7 Å². The smallest absolute Gasteiger partial charge is 0.338 e. The number of aliphatic hydroxyl groups excluding tert-OH is 3. The molecule has 2 saturated carbocycles. The molecule has 12 heteroatoms. The Kier molecular flexibility index (Phi) is 10.2. The van der Waals surface area contributed by atoms with Crippen LogP contribution in [-0.4, -0.2) is 97.7 Å². The number of ether oxygens (including phenoxy) is 3. The number of ketones is 1. The van der Waals surface area contributed by atoms with Gasteiger partial charge in [0.05, 0.1) is 35.8 Å². The Morgan fingerprint density at radius 3 is 2.11 bits per heavy atom. The fourth-order valence-corrected chi connectivity index (χ4v) is 9.62. The number of nitrogens with one attached hydrogen (secondary N) is 1. The summed E-state index contributed by atoms with van der Waals surface area (Å²) in [5, 5.41) is 64.2. The minimum Gasteiger partial charge on any atom is -0.456 e. The highest BCUT2D eigenvalue weighted by atomic mass is 16.6. The van der Waals surface area contributed by atoms with Crippen LogP contribution in [0, 0.1) is 16.7 Å². The van der Waals surface area contributed by atoms with Gasteiger partial charge in [0.1, 0.15) is 29.5 Å². The molecule has 6 N–H and O–H groups in total. The SMILES string of the molecule is CC1=C2C(O)C(=O)C3(C)C(O)CC4OCC4(O)C3C(OC(=O)c3ccccc3)C(O)(CC1OC(=O)C(O)C(NCc1ccccc1)c1ccccc1)C2(C)C. The number of rotatable bonds is 9. The molecule has 3 aromatic carbocycles. The Morgan fingerprint density at radius 1 is 0.909 bits per heavy atom. The number of carbonyl (C=O) groups excluding carboxylic acids is 3. The molecule has 7 rings (SSSR count). The standard InChI is InChI=1S/C43H49NO11/c1-24-28(54-39(50)34(47)32(26-16-10-6-11-17-26)44-22-25-14-8-5-9-15-25)21-43(52)37(55-38(49)27-18-12-7-13-19-27)35-41(4,29(45)20-30-42(35,51)23-53-30)36(48)33(46)31(24)40(43,2)3/h5-19,28-30,32-35,37,44-47,51-52H,20-23H2,1-4H3. The Balaban J connectivity index is 1.30. The quantitative estimate of drug-likeness (QED) is 0.139. The van der Waals surface area contributed by atoms with E-state index in [1.54, 1.807) is 63.2 Å². The third kappa shape index (κ3) is 6.24. The van der Waals surface area contributed by atoms with Crippen LogP contribution < -0.4 is 5.32 Å². The lowest BCUT2D eigenvalue weighted by Crippen LogP contribution is -2.81. The highest BCUT2D eigenvalue weighted by molar-refractivity contribution is 5.94. The lowest BCUT2D eigenvalue weighted by molar-refractivity contribution is -0.343. The number of aliphatic hydroxyl groups is 5. The van der Waals surface area contributed by atoms with Crippen LogP contribution in [0.2, 0.25) is 0 Å². The van der Waals surface area contributed by atoms with Gasteiger partial charge in [-0.15, -0.1) is 0 Å². The van der Waals surface area contributed by atoms with E-state index in [1.165, 1.54) is 19.1 Å². The van der Waals surface area contributed by atoms with Crippen LogP contribution >= 0.6 is 0 Å². The molecule has 1 aliphatic heterocycles. The summed E-state index contributed by atoms with van der Waals surface area (Å²) in [6.45, 7) is 6.21. The minimum absolute atomic E-state index is 0.0203. The summed E-state index contributed by atoms with van der Waals surface area (Å²) in [4.78, 5) is 42.7. The van der Waals surface area contributed by atoms with Crippen molar-refractivity contribution in [2.45, 2.75) is 101 Å². The molecule has 0 spiro atoms. The van der Waals surface area contributed by atoms with Crippen LogP contribution in [0.25, 0.3) is 0 Å². The molecule has 2 bridgehead atoms. The van der Waals surface area contributed by atoms with Gasteiger partial charge in [0.15, 0.2) is 11.9 Å². The van der Waals surface area contributed by atoms with Crippen LogP contribution in [-0.2, 0) is 30.3 Å². The first-order valence-corrected chi connectivity index (χ1v) is 18.7. The zero-order valence-corrected chi connectivity index (χ0v) is 31.3. The van der Waals surface area contributed by atoms with Crippen LogP contribution in [0.3, 0.4) is 0 Å². The molecule has 1 saturated heterocycles. The molecule has 1 heterocycles. The third-order valence-electron chi connectivity index (χ3n) is 13.0. The average Bonchev–Trinajstić information content (AvgIpc) is 3.17. The van der Waals surface area contributed by atoms with Gasteiger partial charge in [0.25, 0.3) is 0 Å². The summed E-state index contributed by atoms with van der Waals surface area (Å²) in [6, 6.07) is 25.4. The van der Waals surface area contributed by atoms with E-state index >= 15 is 0 Å². The van der Waals surface area contributed by atoms with E-state index in [4.69, 9.17) is 14.2 Å². The van der Waals surface area contributed by atoms with E-state index in [2.05, 4.69) is 5.32 Å². The summed E-state index contributed by atoms with van der Waals surface area (Å²) in [7, 11) is 0. The van der Waals surface area contributed by atoms with Gasteiger partial charge >= 0.3 is 11.9 Å². The second-order valence-electron chi connectivity index (χ2n) is 16.2. The van der Waals surface area contributed by atoms with Gasteiger partial charge in [0, 0.05) is 30.7 Å². The normalized spacial score (nSPS) is 34.8. The van der Waals surface area contributed by atoms with Crippen LogP contribution in [0.5, 0.6) is 0 Å². The van der Waals surface area contributed by atoms with Crippen molar-refractivity contribution in [1.29, 1.82) is 0 Å². The molecular formula is C43H49NO11. The number of hydrogen-bond donors (Lipinski definition) is 6. The van der Waals surface area contributed by atoms with Gasteiger partial charge in [0.2, 0.25) is 0 Å². The van der Waals surface area contributed by atoms with Crippen LogP contribution in [0.15, 0.2) is 102 Å². The largest absolute Gasteiger partial charge is 0.456 e. The predicted octanol–water partition coefficient (Wildman–Crippen LogP) is 2.95. The number of hydrogen-bond acceptors (Lipinski definition) is 12. The second-order valence-corrected chi connectivity index (χ2v) is 16.2. The van der Waals surface area contributed by atoms with E-state index in [1.807, 2.05) is 36.4 Å². The lowest BCUT2D eigenvalue weighted by Gasteiger charge is -2.66. The molecule has 3 aliphatic carbocycles. The summed E-state index contributed by atoms with van der Waals surface area (Å²) in [6.07, 6.45) is -9.69. The fourth-order valence-electron chi connectivity index (χ4n) is 9.62. The maximum atomic E-state index is 14.7. The molecule has 0 aromatic heterocycles. The Labute approximate surface area is 319 Å². The van der Waals surface area contributed by atoms with Crippen LogP contribution in [0.1, 0.15) is 68.1 Å². The van der Waals surface area contributed by atoms with Crippen molar-refractivity contribution in [3.05, 3.63) is 119 Å². The molecule has 12 nitrogen and oxygen atoms in total. The van der Waals surface area contributed by atoms with Crippen molar-refractivity contribution in [2.75, 3.05) is 6.61 Å². The number of carbonyl (C=O) groups is 3. The summed E-state index contributed by atoms with van der Waals surface area (Å²) >= 11 is 0. The first-order valence-electron chi connectivity index (χ1n) is 18.7. The van der Waals surface area contributed by atoms with Crippen molar-refractivity contribution in [1.82, 2.24) is 5.32 Å². The third-order valence-corrected chi connectivity index (χ3v) is 13.0. The number of Topliss-reactive ketones (excluding diaryl/α,β-unsaturated/α-hetero) is 1. The van der Waals surface area contributed by atoms with Crippen molar-refractivity contribution in [3.8, 4) is 0 Å². The molecule has 0 amide bonds. The zero-order chi connectivity index (χ0) is 39.5. The molecule has 11 unspecified atom stereocenters. The van der Waals surface area contributed by atoms with Crippen molar-refractivity contribution < 1.29 is 54.1 Å². The number of fused-ring (bicyclic) bond motifs is 5. The van der Waals surface area contributed by atoms with E-state index in [9.17, 15) is 39.9 Å². The predicted molar refractivity (Wildman–Crippen MR) is 198 cm³/mol. The summed E-state index contributed by atoms with van der Waals surface area (Å²) in [5.41, 5.74) is -5.64. The summed E-state index contributed by atoms with van der Waals surface area (Å²) in [5.74, 6) is -4.23. The first kappa shape index (κ1) is 39.0. The molecule has 0 radical (unpaired) electrons. The molecule has 3 aromatic rings. The van der Waals surface area contributed by atoms with Crippen LogP contribution in [0.4, 0.5) is 0 Å². The Bertz CT molecular complexity index is 1950. The fraction of sp³-hybridized carbons (Fsp3) is 0.465. The van der Waals surface area contributed by atoms with Gasteiger partial charge in [-0.05, 0) is 48.3 Å². The van der Waals surface area contributed by atoms with Crippen molar-refractivity contribution >= 4 is 17.7 Å². The van der Waals surface area contributed by atoms with Gasteiger partial charge in [-0.2, -0.15) is 0 Å². The van der Waals surface area contributed by atoms with Gasteiger partial charge in [-0.25, -0.2) is 9.59 Å². The first-order chi connectivity index (χ1) is 26.1. The average molecular weight is 756 g/mol. The van der Waals surface area contributed by atoms with E-state index in [-0.39, 0.29) is 29.7 Å². The minimum atomic E-state index is -2.24. The van der Waals surface area contributed by atoms with Gasteiger partial charge in [-0.1, -0.05) is 92.7 Å². The molecule has 3 fully saturated rings. The monoisotopic (exact) mass is 755 g/mol. The lowest BCUT2D eigenvalue weighted by atomic mass is 9.44. The maximum Gasteiger partial charge on any atom is 0.338 e. The molecule has 4 aliphatic rings. The molecule has 292 valence electrons. The number of benzene rings is 3.